The van der Waals surface area contributed by atoms with E-state index >= 15 is 0 Å². The number of carbonyl (C=O) groups is 1. The third kappa shape index (κ3) is 5.73. The molecule has 0 bridgehead atoms. The van der Waals surface area contributed by atoms with E-state index in [1.165, 1.54) is 11.0 Å². The zero-order valence-corrected chi connectivity index (χ0v) is 16.4. The molecule has 1 aliphatic heterocycles. The van der Waals surface area contributed by atoms with Crippen LogP contribution in [0.5, 0.6) is 0 Å². The van der Waals surface area contributed by atoms with Crippen LogP contribution in [0.4, 0.5) is 18.0 Å². The number of amides is 1. The van der Waals surface area contributed by atoms with Gasteiger partial charge in [-0.05, 0) is 49.2 Å². The molecule has 0 spiro atoms. The molecule has 0 radical (unpaired) electrons. The number of ether oxygens (including phenoxy) is 1. The second kappa shape index (κ2) is 9.31. The Bertz CT molecular complexity index is 805. The van der Waals surface area contributed by atoms with Gasteiger partial charge >= 0.3 is 12.3 Å². The molecule has 2 aromatic carbocycles. The van der Waals surface area contributed by atoms with Crippen LogP contribution in [0.15, 0.2) is 54.6 Å². The second-order valence-corrected chi connectivity index (χ2v) is 7.30. The van der Waals surface area contributed by atoms with Crippen molar-refractivity contribution in [2.24, 2.45) is 0 Å². The summed E-state index contributed by atoms with van der Waals surface area (Å²) in [6.45, 7) is 2.34. The number of likely N-dealkylation sites (N-methyl/N-ethyl adjacent to an activating group) is 1. The molecule has 0 saturated carbocycles. The molecule has 1 heterocycles. The first-order valence-corrected chi connectivity index (χ1v) is 9.67. The minimum Gasteiger partial charge on any atom is -0.445 e. The van der Waals surface area contributed by atoms with Crippen LogP contribution in [0.3, 0.4) is 0 Å². The molecule has 0 aliphatic carbocycles. The van der Waals surface area contributed by atoms with Crippen LogP contribution >= 0.6 is 0 Å². The van der Waals surface area contributed by atoms with E-state index in [0.29, 0.717) is 12.1 Å². The average molecular weight is 406 g/mol. The van der Waals surface area contributed by atoms with Gasteiger partial charge in [0.2, 0.25) is 0 Å². The zero-order valence-electron chi connectivity index (χ0n) is 16.4. The summed E-state index contributed by atoms with van der Waals surface area (Å²) in [6.07, 6.45) is -2.88. The van der Waals surface area contributed by atoms with Gasteiger partial charge in [0, 0.05) is 13.6 Å². The molecule has 1 atom stereocenters. The summed E-state index contributed by atoms with van der Waals surface area (Å²) in [5.41, 5.74) is 0.586. The summed E-state index contributed by atoms with van der Waals surface area (Å²) in [6, 6.07) is 13.9. The van der Waals surface area contributed by atoms with Crippen molar-refractivity contribution in [3.63, 3.8) is 0 Å². The highest BCUT2D eigenvalue weighted by Gasteiger charge is 2.33. The quantitative estimate of drug-likeness (QED) is 0.668. The van der Waals surface area contributed by atoms with Gasteiger partial charge in [0.25, 0.3) is 0 Å². The highest BCUT2D eigenvalue weighted by atomic mass is 19.4. The molecule has 29 heavy (non-hydrogen) atoms. The molecular weight excluding hydrogens is 381 g/mol. The summed E-state index contributed by atoms with van der Waals surface area (Å²) in [5, 5.41) is 0. The number of benzene rings is 2. The minimum absolute atomic E-state index is 0.114. The maximum atomic E-state index is 13.2. The molecule has 156 valence electrons. The van der Waals surface area contributed by atoms with Crippen molar-refractivity contribution in [2.45, 2.75) is 31.7 Å². The molecule has 1 aliphatic rings. The second-order valence-electron chi connectivity index (χ2n) is 7.30. The van der Waals surface area contributed by atoms with Gasteiger partial charge in [-0.25, -0.2) is 4.79 Å². The van der Waals surface area contributed by atoms with Gasteiger partial charge in [-0.1, -0.05) is 42.5 Å². The molecule has 0 N–H and O–H groups in total. The average Bonchev–Trinajstić information content (AvgIpc) is 3.23. The Hall–Kier alpha value is -2.54. The molecule has 1 amide bonds. The Morgan fingerprint density at radius 2 is 1.79 bits per heavy atom. The lowest BCUT2D eigenvalue weighted by atomic mass is 10.0. The predicted molar refractivity (Wildman–Crippen MR) is 104 cm³/mol. The SMILES string of the molecule is CN(C(=O)OCc1ccccc1)[C@@H](CN1CCCC1)c1cccc(C(F)(F)F)c1. The number of hydrogen-bond donors (Lipinski definition) is 0. The maximum Gasteiger partial charge on any atom is 0.416 e. The first kappa shape index (κ1) is 21.2. The van der Waals surface area contributed by atoms with Crippen molar-refractivity contribution < 1.29 is 22.7 Å². The van der Waals surface area contributed by atoms with Crippen molar-refractivity contribution in [3.8, 4) is 0 Å². The van der Waals surface area contributed by atoms with Crippen molar-refractivity contribution in [1.82, 2.24) is 9.80 Å². The van der Waals surface area contributed by atoms with Gasteiger partial charge < -0.3 is 14.5 Å². The van der Waals surface area contributed by atoms with Crippen LogP contribution in [-0.4, -0.2) is 42.6 Å². The molecule has 0 unspecified atom stereocenters. The van der Waals surface area contributed by atoms with Crippen LogP contribution in [-0.2, 0) is 17.5 Å². The van der Waals surface area contributed by atoms with Crippen LogP contribution in [0.1, 0.15) is 35.6 Å². The normalized spacial score (nSPS) is 15.9. The van der Waals surface area contributed by atoms with E-state index in [2.05, 4.69) is 4.90 Å². The first-order valence-electron chi connectivity index (χ1n) is 9.67. The van der Waals surface area contributed by atoms with E-state index in [4.69, 9.17) is 4.74 Å². The molecular formula is C22H25F3N2O2. The summed E-state index contributed by atoms with van der Waals surface area (Å²) in [5.74, 6) is 0. The molecule has 1 saturated heterocycles. The molecule has 2 aromatic rings. The van der Waals surface area contributed by atoms with E-state index in [-0.39, 0.29) is 6.61 Å². The van der Waals surface area contributed by atoms with Gasteiger partial charge in [0.1, 0.15) is 6.61 Å². The zero-order chi connectivity index (χ0) is 20.9. The predicted octanol–water partition coefficient (Wildman–Crippen LogP) is 5.11. The maximum absolute atomic E-state index is 13.2. The number of carbonyl (C=O) groups excluding carboxylic acids is 1. The third-order valence-corrected chi connectivity index (χ3v) is 5.19. The minimum atomic E-state index is -4.43. The third-order valence-electron chi connectivity index (χ3n) is 5.19. The standard InChI is InChI=1S/C22H25F3N2O2/c1-26(21(28)29-16-17-8-3-2-4-9-17)20(15-27-12-5-6-13-27)18-10-7-11-19(14-18)22(23,24)25/h2-4,7-11,14,20H,5-6,12-13,15-16H2,1H3/t20-/m0/s1. The van der Waals surface area contributed by atoms with Gasteiger partial charge in [0.05, 0.1) is 11.6 Å². The fourth-order valence-electron chi connectivity index (χ4n) is 3.53. The number of nitrogens with zero attached hydrogens (tertiary/aromatic N) is 2. The van der Waals surface area contributed by atoms with Gasteiger partial charge in [-0.15, -0.1) is 0 Å². The molecule has 1 fully saturated rings. The topological polar surface area (TPSA) is 32.8 Å². The van der Waals surface area contributed by atoms with E-state index in [1.807, 2.05) is 30.3 Å². The molecule has 4 nitrogen and oxygen atoms in total. The van der Waals surface area contributed by atoms with Crippen molar-refractivity contribution in [2.75, 3.05) is 26.7 Å². The molecule has 0 aromatic heterocycles. The first-order chi connectivity index (χ1) is 13.8. The number of likely N-dealkylation sites (tertiary alicyclic amines) is 1. The number of halogens is 3. The van der Waals surface area contributed by atoms with Crippen LogP contribution < -0.4 is 0 Å². The van der Waals surface area contributed by atoms with E-state index < -0.39 is 23.9 Å². The lowest BCUT2D eigenvalue weighted by molar-refractivity contribution is -0.137. The summed E-state index contributed by atoms with van der Waals surface area (Å²) < 4.78 is 45.0. The fraction of sp³-hybridized carbons (Fsp3) is 0.409. The number of rotatable bonds is 6. The highest BCUT2D eigenvalue weighted by molar-refractivity contribution is 5.68. The lowest BCUT2D eigenvalue weighted by Crippen LogP contribution is -2.38. The highest BCUT2D eigenvalue weighted by Crippen LogP contribution is 2.32. The van der Waals surface area contributed by atoms with Crippen LogP contribution in [0, 0.1) is 0 Å². The summed E-state index contributed by atoms with van der Waals surface area (Å²) in [4.78, 5) is 16.2. The Kier molecular flexibility index (Phi) is 6.79. The Balaban J connectivity index is 1.78. The largest absolute Gasteiger partial charge is 0.445 e. The summed E-state index contributed by atoms with van der Waals surface area (Å²) in [7, 11) is 1.58. The number of hydrogen-bond acceptors (Lipinski definition) is 3. The van der Waals surface area contributed by atoms with Crippen LogP contribution in [0.25, 0.3) is 0 Å². The monoisotopic (exact) mass is 406 g/mol. The Morgan fingerprint density at radius 3 is 2.45 bits per heavy atom. The van der Waals surface area contributed by atoms with E-state index in [0.717, 1.165) is 43.6 Å². The summed E-state index contributed by atoms with van der Waals surface area (Å²) >= 11 is 0. The van der Waals surface area contributed by atoms with Gasteiger partial charge in [-0.3, -0.25) is 0 Å². The van der Waals surface area contributed by atoms with Crippen molar-refractivity contribution in [1.29, 1.82) is 0 Å². The molecule has 3 rings (SSSR count). The fourth-order valence-corrected chi connectivity index (χ4v) is 3.53. The number of alkyl halides is 3. The Morgan fingerprint density at radius 1 is 1.10 bits per heavy atom. The van der Waals surface area contributed by atoms with Crippen molar-refractivity contribution >= 4 is 6.09 Å². The lowest BCUT2D eigenvalue weighted by Gasteiger charge is -2.31. The van der Waals surface area contributed by atoms with Crippen LogP contribution in [0.2, 0.25) is 0 Å². The van der Waals surface area contributed by atoms with E-state index in [9.17, 15) is 18.0 Å². The van der Waals surface area contributed by atoms with E-state index in [1.54, 1.807) is 13.1 Å². The Labute approximate surface area is 168 Å². The van der Waals surface area contributed by atoms with Gasteiger partial charge in [-0.2, -0.15) is 13.2 Å². The van der Waals surface area contributed by atoms with Gasteiger partial charge in [0.15, 0.2) is 0 Å². The smallest absolute Gasteiger partial charge is 0.416 e. The van der Waals surface area contributed by atoms with Crippen molar-refractivity contribution in [3.05, 3.63) is 71.3 Å². The molecule has 7 heteroatoms.